The quantitative estimate of drug-likeness (QED) is 0.579. The van der Waals surface area contributed by atoms with Crippen LogP contribution in [0.5, 0.6) is 0 Å². The summed E-state index contributed by atoms with van der Waals surface area (Å²) in [7, 11) is 1.75. The molecule has 0 unspecified atom stereocenters. The first-order valence-electron chi connectivity index (χ1n) is 3.13. The molecule has 0 aliphatic heterocycles. The van der Waals surface area contributed by atoms with Gasteiger partial charge in [0.2, 0.25) is 0 Å². The Labute approximate surface area is 70.2 Å². The van der Waals surface area contributed by atoms with Crippen molar-refractivity contribution < 1.29 is 0 Å². The molecule has 0 amide bonds. The number of thiocarbonyl (C=S) groups is 1. The van der Waals surface area contributed by atoms with Gasteiger partial charge in [0.1, 0.15) is 10.8 Å². The van der Waals surface area contributed by atoms with Crippen LogP contribution in [0.2, 0.25) is 0 Å². The van der Waals surface area contributed by atoms with E-state index in [4.69, 9.17) is 23.7 Å². The molecular formula is C6H10N4S. The van der Waals surface area contributed by atoms with Crippen LogP contribution in [0.3, 0.4) is 0 Å². The molecule has 0 bridgehead atoms. The monoisotopic (exact) mass is 170 g/mol. The third-order valence-corrected chi connectivity index (χ3v) is 1.72. The maximum atomic E-state index is 5.64. The van der Waals surface area contributed by atoms with Gasteiger partial charge in [0.25, 0.3) is 0 Å². The lowest BCUT2D eigenvalue weighted by Crippen LogP contribution is -2.12. The van der Waals surface area contributed by atoms with Crippen LogP contribution in [-0.2, 0) is 7.05 Å². The highest BCUT2D eigenvalue weighted by atomic mass is 32.1. The van der Waals surface area contributed by atoms with Crippen LogP contribution in [0.25, 0.3) is 0 Å². The van der Waals surface area contributed by atoms with Gasteiger partial charge in [-0.15, -0.1) is 0 Å². The standard InChI is InChI=1S/C6H10N4S/c1-3-4(6(8)11)5(7)10(2)9-3/h7H2,1-2H3,(H2,8,11). The number of nitrogens with zero attached hydrogens (tertiary/aromatic N) is 2. The van der Waals surface area contributed by atoms with Crippen molar-refractivity contribution in [3.05, 3.63) is 11.3 Å². The highest BCUT2D eigenvalue weighted by Crippen LogP contribution is 2.13. The van der Waals surface area contributed by atoms with Crippen LogP contribution in [0.4, 0.5) is 5.82 Å². The number of hydrogen-bond donors (Lipinski definition) is 2. The van der Waals surface area contributed by atoms with E-state index in [0.29, 0.717) is 16.4 Å². The Hall–Kier alpha value is -1.10. The lowest BCUT2D eigenvalue weighted by atomic mass is 10.2. The molecule has 1 aromatic rings. The number of aryl methyl sites for hydroxylation is 2. The molecule has 0 saturated carbocycles. The number of nitrogens with two attached hydrogens (primary N) is 2. The molecule has 0 atom stereocenters. The third kappa shape index (κ3) is 1.19. The summed E-state index contributed by atoms with van der Waals surface area (Å²) in [5.41, 5.74) is 12.5. The molecular weight excluding hydrogens is 160 g/mol. The van der Waals surface area contributed by atoms with Gasteiger partial charge in [0.15, 0.2) is 0 Å². The summed E-state index contributed by atoms with van der Waals surface area (Å²) in [5, 5.41) is 4.06. The minimum absolute atomic E-state index is 0.299. The van der Waals surface area contributed by atoms with E-state index in [2.05, 4.69) is 5.10 Å². The van der Waals surface area contributed by atoms with Crippen molar-refractivity contribution in [1.29, 1.82) is 0 Å². The summed E-state index contributed by atoms with van der Waals surface area (Å²) in [5.74, 6) is 0.523. The van der Waals surface area contributed by atoms with Gasteiger partial charge in [0, 0.05) is 7.05 Å². The average molecular weight is 170 g/mol. The molecule has 11 heavy (non-hydrogen) atoms. The molecule has 0 radical (unpaired) electrons. The van der Waals surface area contributed by atoms with Gasteiger partial charge in [-0.25, -0.2) is 0 Å². The number of anilines is 1. The minimum Gasteiger partial charge on any atom is -0.389 e. The van der Waals surface area contributed by atoms with E-state index in [1.807, 2.05) is 6.92 Å². The summed E-state index contributed by atoms with van der Waals surface area (Å²) >= 11 is 4.79. The Morgan fingerprint density at radius 1 is 1.64 bits per heavy atom. The summed E-state index contributed by atoms with van der Waals surface area (Å²) in [4.78, 5) is 0.299. The highest BCUT2D eigenvalue weighted by molar-refractivity contribution is 7.80. The first-order chi connectivity index (χ1) is 5.04. The van der Waals surface area contributed by atoms with E-state index in [1.165, 1.54) is 0 Å². The Balaban J connectivity index is 3.34. The maximum Gasteiger partial charge on any atom is 0.131 e. The molecule has 0 aliphatic rings. The molecule has 0 saturated heterocycles. The lowest BCUT2D eigenvalue weighted by molar-refractivity contribution is 0.767. The predicted molar refractivity (Wildman–Crippen MR) is 48.2 cm³/mol. The van der Waals surface area contributed by atoms with Gasteiger partial charge in [-0.05, 0) is 6.92 Å². The molecule has 5 heteroatoms. The van der Waals surface area contributed by atoms with Crippen LogP contribution >= 0.6 is 12.2 Å². The number of aromatic nitrogens is 2. The van der Waals surface area contributed by atoms with Gasteiger partial charge >= 0.3 is 0 Å². The average Bonchev–Trinajstić information content (AvgIpc) is 2.07. The van der Waals surface area contributed by atoms with Crippen molar-refractivity contribution >= 4 is 23.0 Å². The van der Waals surface area contributed by atoms with Gasteiger partial charge < -0.3 is 11.5 Å². The Kier molecular flexibility index (Phi) is 1.82. The third-order valence-electron chi connectivity index (χ3n) is 1.51. The van der Waals surface area contributed by atoms with Crippen LogP contribution in [-0.4, -0.2) is 14.8 Å². The fourth-order valence-corrected chi connectivity index (χ4v) is 1.23. The summed E-state index contributed by atoms with van der Waals surface area (Å²) in [6, 6.07) is 0. The van der Waals surface area contributed by atoms with E-state index in [1.54, 1.807) is 11.7 Å². The zero-order chi connectivity index (χ0) is 8.59. The molecule has 1 aromatic heterocycles. The predicted octanol–water partition coefficient (Wildman–Crippen LogP) is -0.0551. The topological polar surface area (TPSA) is 69.9 Å². The normalized spacial score (nSPS) is 10.0. The molecule has 60 valence electrons. The second-order valence-corrected chi connectivity index (χ2v) is 2.77. The Bertz CT molecular complexity index is 302. The Morgan fingerprint density at radius 2 is 2.18 bits per heavy atom. The van der Waals surface area contributed by atoms with Gasteiger partial charge in [-0.3, -0.25) is 4.68 Å². The van der Waals surface area contributed by atoms with E-state index in [9.17, 15) is 0 Å². The van der Waals surface area contributed by atoms with Crippen LogP contribution in [0, 0.1) is 6.92 Å². The second-order valence-electron chi connectivity index (χ2n) is 2.33. The van der Waals surface area contributed by atoms with E-state index in [0.717, 1.165) is 5.69 Å². The van der Waals surface area contributed by atoms with Gasteiger partial charge in [-0.1, -0.05) is 12.2 Å². The lowest BCUT2D eigenvalue weighted by Gasteiger charge is -1.96. The molecule has 4 N–H and O–H groups in total. The summed E-state index contributed by atoms with van der Waals surface area (Å²) in [6.07, 6.45) is 0. The van der Waals surface area contributed by atoms with Crippen molar-refractivity contribution in [3.8, 4) is 0 Å². The van der Waals surface area contributed by atoms with Crippen molar-refractivity contribution in [3.63, 3.8) is 0 Å². The first kappa shape index (κ1) is 8.00. The number of rotatable bonds is 1. The fraction of sp³-hybridized carbons (Fsp3) is 0.333. The molecule has 0 spiro atoms. The smallest absolute Gasteiger partial charge is 0.131 e. The molecule has 0 fully saturated rings. The molecule has 1 heterocycles. The van der Waals surface area contributed by atoms with Crippen molar-refractivity contribution in [1.82, 2.24) is 9.78 Å². The van der Waals surface area contributed by atoms with Crippen LogP contribution in [0.1, 0.15) is 11.3 Å². The van der Waals surface area contributed by atoms with Crippen molar-refractivity contribution in [2.45, 2.75) is 6.92 Å². The molecule has 0 aromatic carbocycles. The van der Waals surface area contributed by atoms with Gasteiger partial charge in [-0.2, -0.15) is 5.10 Å². The van der Waals surface area contributed by atoms with E-state index < -0.39 is 0 Å². The highest BCUT2D eigenvalue weighted by Gasteiger charge is 2.11. The van der Waals surface area contributed by atoms with Crippen molar-refractivity contribution in [2.75, 3.05) is 5.73 Å². The van der Waals surface area contributed by atoms with Crippen LogP contribution < -0.4 is 11.5 Å². The molecule has 1 rings (SSSR count). The second kappa shape index (κ2) is 2.50. The van der Waals surface area contributed by atoms with Crippen LogP contribution in [0.15, 0.2) is 0 Å². The largest absolute Gasteiger partial charge is 0.389 e. The minimum atomic E-state index is 0.299. The SMILES string of the molecule is Cc1nn(C)c(N)c1C(N)=S. The zero-order valence-corrected chi connectivity index (χ0v) is 7.27. The molecule has 4 nitrogen and oxygen atoms in total. The zero-order valence-electron chi connectivity index (χ0n) is 6.46. The van der Waals surface area contributed by atoms with E-state index in [-0.39, 0.29) is 0 Å². The maximum absolute atomic E-state index is 5.64. The Morgan fingerprint density at radius 3 is 2.36 bits per heavy atom. The van der Waals surface area contributed by atoms with Gasteiger partial charge in [0.05, 0.1) is 11.3 Å². The fourth-order valence-electron chi connectivity index (χ4n) is 0.981. The number of hydrogen-bond acceptors (Lipinski definition) is 3. The molecule has 0 aliphatic carbocycles. The number of nitrogen functional groups attached to an aromatic ring is 1. The first-order valence-corrected chi connectivity index (χ1v) is 3.53. The summed E-state index contributed by atoms with van der Waals surface area (Å²) < 4.78 is 1.56. The summed E-state index contributed by atoms with van der Waals surface area (Å²) in [6.45, 7) is 1.82. The van der Waals surface area contributed by atoms with Crippen molar-refractivity contribution in [2.24, 2.45) is 12.8 Å². The van der Waals surface area contributed by atoms with E-state index >= 15 is 0 Å².